The van der Waals surface area contributed by atoms with Gasteiger partial charge in [-0.25, -0.2) is 4.39 Å². The van der Waals surface area contributed by atoms with E-state index >= 15 is 0 Å². The molecule has 0 radical (unpaired) electrons. The van der Waals surface area contributed by atoms with Gasteiger partial charge in [0.1, 0.15) is 5.82 Å². The van der Waals surface area contributed by atoms with Crippen LogP contribution in [-0.4, -0.2) is 45.8 Å². The number of aromatic nitrogens is 2. The van der Waals surface area contributed by atoms with Crippen molar-refractivity contribution in [3.63, 3.8) is 0 Å². The fourth-order valence-corrected chi connectivity index (χ4v) is 3.20. The van der Waals surface area contributed by atoms with E-state index < -0.39 is 5.82 Å². The van der Waals surface area contributed by atoms with Crippen molar-refractivity contribution in [2.45, 2.75) is 19.3 Å². The molecule has 3 rings (SSSR count). The number of aliphatic hydroxyl groups excluding tert-OH is 1. The van der Waals surface area contributed by atoms with Gasteiger partial charge in [0.2, 0.25) is 11.8 Å². The minimum atomic E-state index is -0.502. The van der Waals surface area contributed by atoms with Gasteiger partial charge in [0, 0.05) is 36.2 Å². The second kappa shape index (κ2) is 6.86. The fraction of sp³-hybridized carbons (Fsp3) is 0.438. The number of rotatable bonds is 4. The Hall–Kier alpha value is -1.99. The molecule has 1 amide bonds. The molecule has 1 N–H and O–H groups in total. The lowest BCUT2D eigenvalue weighted by atomic mass is 9.97. The van der Waals surface area contributed by atoms with Gasteiger partial charge in [-0.3, -0.25) is 4.79 Å². The maximum Gasteiger partial charge on any atom is 0.231 e. The molecule has 0 saturated carbocycles. The van der Waals surface area contributed by atoms with Gasteiger partial charge in [-0.2, -0.15) is 4.98 Å². The van der Waals surface area contributed by atoms with Crippen LogP contribution in [0.5, 0.6) is 0 Å². The van der Waals surface area contributed by atoms with Crippen LogP contribution in [0, 0.1) is 18.7 Å². The van der Waals surface area contributed by atoms with Gasteiger partial charge in [0.15, 0.2) is 5.82 Å². The zero-order valence-corrected chi connectivity index (χ0v) is 13.8. The fourth-order valence-electron chi connectivity index (χ4n) is 2.97. The third-order valence-corrected chi connectivity index (χ3v) is 4.63. The Bertz CT molecular complexity index is 732. The van der Waals surface area contributed by atoms with E-state index in [0.29, 0.717) is 24.8 Å². The lowest BCUT2D eigenvalue weighted by Gasteiger charge is -2.16. The Kier molecular flexibility index (Phi) is 4.82. The van der Waals surface area contributed by atoms with E-state index in [1.165, 1.54) is 12.1 Å². The van der Waals surface area contributed by atoms with Crippen molar-refractivity contribution in [3.8, 4) is 0 Å². The molecular weight excluding hydrogens is 337 g/mol. The number of carbonyl (C=O) groups is 1. The lowest BCUT2D eigenvalue weighted by Crippen LogP contribution is -2.31. The van der Waals surface area contributed by atoms with Crippen LogP contribution < -0.4 is 0 Å². The molecule has 0 aliphatic carbocycles. The number of likely N-dealkylation sites (tertiary alicyclic amines) is 1. The normalized spacial score (nSPS) is 20.6. The van der Waals surface area contributed by atoms with Crippen LogP contribution >= 0.6 is 11.6 Å². The number of halogens is 2. The SMILES string of the molecule is Cc1noc([C@@H]2CN(C(=O)Cc3c(F)cccc3Cl)C[C@H]2CO)n1. The van der Waals surface area contributed by atoms with E-state index in [1.807, 2.05) is 0 Å². The van der Waals surface area contributed by atoms with E-state index in [4.69, 9.17) is 16.1 Å². The molecule has 1 fully saturated rings. The van der Waals surface area contributed by atoms with E-state index in [-0.39, 0.29) is 41.4 Å². The summed E-state index contributed by atoms with van der Waals surface area (Å²) in [6, 6.07) is 4.33. The Balaban J connectivity index is 1.74. The van der Waals surface area contributed by atoms with E-state index in [1.54, 1.807) is 17.9 Å². The first-order chi connectivity index (χ1) is 11.5. The molecule has 8 heteroatoms. The third-order valence-electron chi connectivity index (χ3n) is 4.28. The molecule has 0 unspecified atom stereocenters. The Morgan fingerprint density at radius 3 is 2.92 bits per heavy atom. The monoisotopic (exact) mass is 353 g/mol. The molecule has 2 aromatic rings. The van der Waals surface area contributed by atoms with Crippen molar-refractivity contribution < 1.29 is 18.8 Å². The quantitative estimate of drug-likeness (QED) is 0.908. The van der Waals surface area contributed by atoms with Crippen LogP contribution in [0.3, 0.4) is 0 Å². The van der Waals surface area contributed by atoms with Gasteiger partial charge in [-0.05, 0) is 19.1 Å². The largest absolute Gasteiger partial charge is 0.396 e. The molecule has 1 aromatic carbocycles. The maximum absolute atomic E-state index is 13.9. The molecule has 0 spiro atoms. The Morgan fingerprint density at radius 2 is 2.29 bits per heavy atom. The summed E-state index contributed by atoms with van der Waals surface area (Å²) in [7, 11) is 0. The first-order valence-corrected chi connectivity index (χ1v) is 7.99. The van der Waals surface area contributed by atoms with Crippen molar-refractivity contribution in [2.75, 3.05) is 19.7 Å². The number of amides is 1. The maximum atomic E-state index is 13.9. The number of hydrogen-bond acceptors (Lipinski definition) is 5. The van der Waals surface area contributed by atoms with Gasteiger partial charge in [0.05, 0.1) is 12.3 Å². The first kappa shape index (κ1) is 16.9. The molecule has 1 aliphatic heterocycles. The topological polar surface area (TPSA) is 79.5 Å². The highest BCUT2D eigenvalue weighted by molar-refractivity contribution is 6.31. The molecule has 1 aliphatic rings. The number of aryl methyl sites for hydroxylation is 1. The van der Waals surface area contributed by atoms with Crippen LogP contribution in [-0.2, 0) is 11.2 Å². The predicted molar refractivity (Wildman–Crippen MR) is 84.0 cm³/mol. The first-order valence-electron chi connectivity index (χ1n) is 7.61. The minimum absolute atomic E-state index is 0.101. The summed E-state index contributed by atoms with van der Waals surface area (Å²) in [5, 5.41) is 13.6. The van der Waals surface area contributed by atoms with Crippen LogP contribution in [0.15, 0.2) is 22.7 Å². The summed E-state index contributed by atoms with van der Waals surface area (Å²) in [5.74, 6) is -0.256. The standard InChI is InChI=1S/C16H17ClFN3O3/c1-9-19-16(24-20-9)12-7-21(6-10(12)8-22)15(23)5-11-13(17)3-2-4-14(11)18/h2-4,10,12,22H,5-8H2,1H3/t10-,12+/m0/s1. The summed E-state index contributed by atoms with van der Waals surface area (Å²) >= 11 is 5.98. The van der Waals surface area contributed by atoms with E-state index in [9.17, 15) is 14.3 Å². The number of aliphatic hydroxyl groups is 1. The van der Waals surface area contributed by atoms with Gasteiger partial charge < -0.3 is 14.5 Å². The number of carbonyl (C=O) groups excluding carboxylic acids is 1. The van der Waals surface area contributed by atoms with Crippen molar-refractivity contribution in [3.05, 3.63) is 46.3 Å². The number of nitrogens with zero attached hydrogens (tertiary/aromatic N) is 3. The van der Waals surface area contributed by atoms with Gasteiger partial charge in [-0.1, -0.05) is 22.8 Å². The van der Waals surface area contributed by atoms with Gasteiger partial charge >= 0.3 is 0 Å². The second-order valence-electron chi connectivity index (χ2n) is 5.90. The van der Waals surface area contributed by atoms with Crippen molar-refractivity contribution in [1.29, 1.82) is 0 Å². The Morgan fingerprint density at radius 1 is 1.50 bits per heavy atom. The molecule has 2 heterocycles. The molecule has 1 aromatic heterocycles. The molecule has 128 valence electrons. The molecule has 1 saturated heterocycles. The molecular formula is C16H17ClFN3O3. The molecule has 0 bridgehead atoms. The second-order valence-corrected chi connectivity index (χ2v) is 6.31. The van der Waals surface area contributed by atoms with Gasteiger partial charge in [0.25, 0.3) is 0 Å². The molecule has 2 atom stereocenters. The lowest BCUT2D eigenvalue weighted by molar-refractivity contribution is -0.129. The summed E-state index contributed by atoms with van der Waals surface area (Å²) in [4.78, 5) is 18.3. The average molecular weight is 354 g/mol. The summed E-state index contributed by atoms with van der Waals surface area (Å²) in [6.07, 6.45) is -0.126. The van der Waals surface area contributed by atoms with Crippen LogP contribution in [0.25, 0.3) is 0 Å². The highest BCUT2D eigenvalue weighted by atomic mass is 35.5. The average Bonchev–Trinajstić information content (AvgIpc) is 3.16. The summed E-state index contributed by atoms with van der Waals surface area (Å²) in [6.45, 7) is 2.31. The van der Waals surface area contributed by atoms with E-state index in [0.717, 1.165) is 0 Å². The van der Waals surface area contributed by atoms with Crippen LogP contribution in [0.1, 0.15) is 23.2 Å². The molecule has 24 heavy (non-hydrogen) atoms. The summed E-state index contributed by atoms with van der Waals surface area (Å²) in [5.41, 5.74) is 0.182. The van der Waals surface area contributed by atoms with E-state index in [2.05, 4.69) is 10.1 Å². The molecule has 6 nitrogen and oxygen atoms in total. The predicted octanol–water partition coefficient (Wildman–Crippen LogP) is 1.95. The zero-order chi connectivity index (χ0) is 17.3. The van der Waals surface area contributed by atoms with Crippen LogP contribution in [0.2, 0.25) is 5.02 Å². The zero-order valence-electron chi connectivity index (χ0n) is 13.1. The van der Waals surface area contributed by atoms with Crippen molar-refractivity contribution in [2.24, 2.45) is 5.92 Å². The minimum Gasteiger partial charge on any atom is -0.396 e. The highest BCUT2D eigenvalue weighted by Crippen LogP contribution is 2.32. The number of hydrogen-bond donors (Lipinski definition) is 1. The van der Waals surface area contributed by atoms with Crippen LogP contribution in [0.4, 0.5) is 4.39 Å². The van der Waals surface area contributed by atoms with Crippen molar-refractivity contribution >= 4 is 17.5 Å². The highest BCUT2D eigenvalue weighted by Gasteiger charge is 2.39. The summed E-state index contributed by atoms with van der Waals surface area (Å²) < 4.78 is 19.0. The smallest absolute Gasteiger partial charge is 0.231 e. The number of benzene rings is 1. The van der Waals surface area contributed by atoms with Gasteiger partial charge in [-0.15, -0.1) is 0 Å². The van der Waals surface area contributed by atoms with Crippen molar-refractivity contribution in [1.82, 2.24) is 15.0 Å². The third kappa shape index (κ3) is 3.27. The Labute approximate surface area is 143 Å².